The third kappa shape index (κ3) is 3.22. The minimum Gasteiger partial charge on any atom is -0.357 e. The molecule has 3 rings (SSSR count). The van der Waals surface area contributed by atoms with E-state index in [1.54, 1.807) is 12.3 Å². The van der Waals surface area contributed by atoms with Crippen molar-refractivity contribution in [2.45, 2.75) is 32.1 Å². The lowest BCUT2D eigenvalue weighted by Gasteiger charge is -2.36. The number of carbonyl (C=O) groups excluding carboxylic acids is 1. The van der Waals surface area contributed by atoms with Crippen LogP contribution in [0.4, 0.5) is 5.82 Å². The number of likely N-dealkylation sites (tertiary alicyclic amines) is 1. The Bertz CT molecular complexity index is 549. The van der Waals surface area contributed by atoms with Gasteiger partial charge in [0.05, 0.1) is 5.56 Å². The predicted molar refractivity (Wildman–Crippen MR) is 84.3 cm³/mol. The van der Waals surface area contributed by atoms with Gasteiger partial charge in [-0.2, -0.15) is 5.26 Å². The van der Waals surface area contributed by atoms with E-state index in [1.807, 2.05) is 6.07 Å². The maximum absolute atomic E-state index is 12.5. The summed E-state index contributed by atoms with van der Waals surface area (Å²) < 4.78 is 0. The number of rotatable bonds is 2. The topological polar surface area (TPSA) is 60.2 Å². The Morgan fingerprint density at radius 1 is 1.14 bits per heavy atom. The molecule has 2 saturated heterocycles. The van der Waals surface area contributed by atoms with Gasteiger partial charge in [-0.25, -0.2) is 4.98 Å². The molecule has 2 aliphatic heterocycles. The summed E-state index contributed by atoms with van der Waals surface area (Å²) in [6.07, 6.45) is 6.97. The maximum Gasteiger partial charge on any atom is 0.225 e. The van der Waals surface area contributed by atoms with Crippen LogP contribution in [0.3, 0.4) is 0 Å². The Morgan fingerprint density at radius 2 is 1.86 bits per heavy atom. The fraction of sp³-hybridized carbons (Fsp3) is 0.588. The van der Waals surface area contributed by atoms with E-state index in [1.165, 1.54) is 6.42 Å². The Kier molecular flexibility index (Phi) is 4.57. The zero-order valence-corrected chi connectivity index (χ0v) is 12.9. The number of nitrogens with zero attached hydrogens (tertiary/aromatic N) is 4. The zero-order chi connectivity index (χ0) is 15.4. The molecule has 1 amide bonds. The molecule has 1 aromatic heterocycles. The minimum absolute atomic E-state index is 0.174. The summed E-state index contributed by atoms with van der Waals surface area (Å²) >= 11 is 0. The van der Waals surface area contributed by atoms with Crippen LogP contribution in [-0.4, -0.2) is 42.0 Å². The van der Waals surface area contributed by atoms with E-state index in [2.05, 4.69) is 20.9 Å². The predicted octanol–water partition coefficient (Wildman–Crippen LogP) is 2.18. The van der Waals surface area contributed by atoms with Crippen molar-refractivity contribution in [3.63, 3.8) is 0 Å². The first-order chi connectivity index (χ1) is 10.8. The average molecular weight is 298 g/mol. The van der Waals surface area contributed by atoms with Crippen LogP contribution >= 0.6 is 0 Å². The number of carbonyl (C=O) groups is 1. The molecule has 5 heteroatoms. The summed E-state index contributed by atoms with van der Waals surface area (Å²) in [6.45, 7) is 3.61. The van der Waals surface area contributed by atoms with E-state index in [0.29, 0.717) is 11.5 Å². The molecule has 0 radical (unpaired) electrons. The highest BCUT2D eigenvalue weighted by Crippen LogP contribution is 2.24. The third-order valence-electron chi connectivity index (χ3n) is 4.71. The van der Waals surface area contributed by atoms with Crippen molar-refractivity contribution in [2.75, 3.05) is 31.1 Å². The number of piperidine rings is 2. The monoisotopic (exact) mass is 298 g/mol. The van der Waals surface area contributed by atoms with Crippen LogP contribution in [0.5, 0.6) is 0 Å². The summed E-state index contributed by atoms with van der Waals surface area (Å²) in [4.78, 5) is 21.1. The molecule has 1 aromatic rings. The molecular weight excluding hydrogens is 276 g/mol. The maximum atomic E-state index is 12.5. The van der Waals surface area contributed by atoms with Crippen LogP contribution in [-0.2, 0) is 4.79 Å². The molecule has 0 bridgehead atoms. The second kappa shape index (κ2) is 6.78. The van der Waals surface area contributed by atoms with Crippen molar-refractivity contribution in [1.29, 1.82) is 5.26 Å². The van der Waals surface area contributed by atoms with Crippen LogP contribution in [0, 0.1) is 17.2 Å². The van der Waals surface area contributed by atoms with E-state index < -0.39 is 0 Å². The second-order valence-electron chi connectivity index (χ2n) is 6.16. The van der Waals surface area contributed by atoms with Crippen LogP contribution < -0.4 is 4.90 Å². The quantitative estimate of drug-likeness (QED) is 0.839. The van der Waals surface area contributed by atoms with Crippen molar-refractivity contribution in [3.8, 4) is 6.07 Å². The van der Waals surface area contributed by atoms with Crippen LogP contribution in [0.2, 0.25) is 0 Å². The fourth-order valence-electron chi connectivity index (χ4n) is 3.37. The molecule has 0 saturated carbocycles. The molecule has 0 spiro atoms. The zero-order valence-electron chi connectivity index (χ0n) is 12.9. The SMILES string of the molecule is N#Cc1ccc(N2CCC(C(=O)N3CCCCC3)CC2)nc1. The highest BCUT2D eigenvalue weighted by molar-refractivity contribution is 5.79. The number of hydrogen-bond acceptors (Lipinski definition) is 4. The molecule has 2 aliphatic rings. The van der Waals surface area contributed by atoms with Crippen molar-refractivity contribution < 1.29 is 4.79 Å². The number of pyridine rings is 1. The minimum atomic E-state index is 0.174. The van der Waals surface area contributed by atoms with Gasteiger partial charge >= 0.3 is 0 Å². The normalized spacial score (nSPS) is 19.8. The Balaban J connectivity index is 1.55. The highest BCUT2D eigenvalue weighted by atomic mass is 16.2. The van der Waals surface area contributed by atoms with Gasteiger partial charge in [-0.15, -0.1) is 0 Å². The lowest BCUT2D eigenvalue weighted by atomic mass is 9.94. The first kappa shape index (κ1) is 14.8. The summed E-state index contributed by atoms with van der Waals surface area (Å²) in [5, 5.41) is 8.81. The van der Waals surface area contributed by atoms with Gasteiger partial charge in [-0.3, -0.25) is 4.79 Å². The molecule has 0 atom stereocenters. The molecule has 0 N–H and O–H groups in total. The summed E-state index contributed by atoms with van der Waals surface area (Å²) in [6, 6.07) is 5.78. The standard InChI is InChI=1S/C17H22N4O/c18-12-14-4-5-16(19-13-14)20-10-6-15(7-11-20)17(22)21-8-2-1-3-9-21/h4-5,13,15H,1-3,6-11H2. The van der Waals surface area contributed by atoms with E-state index in [4.69, 9.17) is 5.26 Å². The third-order valence-corrected chi connectivity index (χ3v) is 4.71. The lowest BCUT2D eigenvalue weighted by molar-refractivity contribution is -0.137. The van der Waals surface area contributed by atoms with Crippen molar-refractivity contribution >= 4 is 11.7 Å². The van der Waals surface area contributed by atoms with Gasteiger partial charge < -0.3 is 9.80 Å². The van der Waals surface area contributed by atoms with Gasteiger partial charge in [0, 0.05) is 38.3 Å². The molecule has 22 heavy (non-hydrogen) atoms. The van der Waals surface area contributed by atoms with Gasteiger partial charge in [0.15, 0.2) is 0 Å². The summed E-state index contributed by atoms with van der Waals surface area (Å²) in [7, 11) is 0. The smallest absolute Gasteiger partial charge is 0.225 e. The number of anilines is 1. The Morgan fingerprint density at radius 3 is 2.45 bits per heavy atom. The number of amides is 1. The molecule has 5 nitrogen and oxygen atoms in total. The van der Waals surface area contributed by atoms with E-state index in [-0.39, 0.29) is 5.92 Å². The second-order valence-corrected chi connectivity index (χ2v) is 6.16. The van der Waals surface area contributed by atoms with E-state index >= 15 is 0 Å². The van der Waals surface area contributed by atoms with Crippen LogP contribution in [0.15, 0.2) is 18.3 Å². The summed E-state index contributed by atoms with van der Waals surface area (Å²) in [5.74, 6) is 1.43. The fourth-order valence-corrected chi connectivity index (χ4v) is 3.37. The van der Waals surface area contributed by atoms with Crippen LogP contribution in [0.25, 0.3) is 0 Å². The molecule has 2 fully saturated rings. The van der Waals surface area contributed by atoms with E-state index in [9.17, 15) is 4.79 Å². The molecule has 0 unspecified atom stereocenters. The Labute approximate surface area is 131 Å². The number of nitriles is 1. The van der Waals surface area contributed by atoms with E-state index in [0.717, 1.165) is 57.7 Å². The lowest BCUT2D eigenvalue weighted by Crippen LogP contribution is -2.44. The van der Waals surface area contributed by atoms with Gasteiger partial charge in [0.25, 0.3) is 0 Å². The molecule has 116 valence electrons. The number of aromatic nitrogens is 1. The van der Waals surface area contributed by atoms with Crippen molar-refractivity contribution in [3.05, 3.63) is 23.9 Å². The molecular formula is C17H22N4O. The van der Waals surface area contributed by atoms with Crippen molar-refractivity contribution in [1.82, 2.24) is 9.88 Å². The van der Waals surface area contributed by atoms with Gasteiger partial charge in [0.1, 0.15) is 11.9 Å². The van der Waals surface area contributed by atoms with Crippen LogP contribution in [0.1, 0.15) is 37.7 Å². The summed E-state index contributed by atoms with van der Waals surface area (Å²) in [5.41, 5.74) is 0.582. The molecule has 0 aliphatic carbocycles. The first-order valence-electron chi connectivity index (χ1n) is 8.18. The van der Waals surface area contributed by atoms with Gasteiger partial charge in [0.2, 0.25) is 5.91 Å². The average Bonchev–Trinajstić information content (AvgIpc) is 2.62. The molecule has 3 heterocycles. The first-order valence-corrected chi connectivity index (χ1v) is 8.18. The largest absolute Gasteiger partial charge is 0.357 e. The van der Waals surface area contributed by atoms with Crippen molar-refractivity contribution in [2.24, 2.45) is 5.92 Å². The van der Waals surface area contributed by atoms with Gasteiger partial charge in [-0.1, -0.05) is 0 Å². The van der Waals surface area contributed by atoms with Gasteiger partial charge in [-0.05, 0) is 44.2 Å². The Hall–Kier alpha value is -2.09. The highest BCUT2D eigenvalue weighted by Gasteiger charge is 2.29. The molecule has 0 aromatic carbocycles. The number of hydrogen-bond donors (Lipinski definition) is 0.